The molecule has 0 aliphatic heterocycles. The molecule has 0 saturated heterocycles. The summed E-state index contributed by atoms with van der Waals surface area (Å²) in [7, 11) is 0. The second-order valence-electron chi connectivity index (χ2n) is 4.61. The van der Waals surface area contributed by atoms with Crippen LogP contribution in [0.3, 0.4) is 0 Å². The third-order valence-electron chi connectivity index (χ3n) is 3.52. The van der Waals surface area contributed by atoms with Crippen LogP contribution in [0, 0.1) is 11.3 Å². The van der Waals surface area contributed by atoms with Gasteiger partial charge in [0.15, 0.2) is 0 Å². The van der Waals surface area contributed by atoms with Crippen molar-refractivity contribution in [1.82, 2.24) is 0 Å². The van der Waals surface area contributed by atoms with Gasteiger partial charge in [-0.3, -0.25) is 0 Å². The summed E-state index contributed by atoms with van der Waals surface area (Å²) >= 11 is 0. The van der Waals surface area contributed by atoms with Gasteiger partial charge >= 0.3 is 0 Å². The number of oxime groups is 1. The van der Waals surface area contributed by atoms with Gasteiger partial charge in [0.05, 0.1) is 17.3 Å². The maximum absolute atomic E-state index is 8.91. The minimum Gasteiger partial charge on any atom is -0.411 e. The minimum absolute atomic E-state index is 0.666. The number of hydrogen-bond acceptors (Lipinski definition) is 3. The Hall–Kier alpha value is -2.60. The van der Waals surface area contributed by atoms with Crippen LogP contribution in [0.5, 0.6) is 0 Å². The fraction of sp³-hybridized carbons (Fsp3) is 0.125. The molecule has 0 amide bonds. The molecule has 3 nitrogen and oxygen atoms in total. The van der Waals surface area contributed by atoms with Crippen molar-refractivity contribution in [3.63, 3.8) is 0 Å². The van der Waals surface area contributed by atoms with Crippen LogP contribution in [0.25, 0.3) is 11.1 Å². The van der Waals surface area contributed by atoms with Crippen molar-refractivity contribution in [3.05, 3.63) is 59.2 Å². The van der Waals surface area contributed by atoms with Gasteiger partial charge in [0.1, 0.15) is 0 Å². The zero-order valence-corrected chi connectivity index (χ0v) is 10.3. The summed E-state index contributed by atoms with van der Waals surface area (Å²) in [6.07, 6.45) is 1.71. The third-order valence-corrected chi connectivity index (χ3v) is 3.52. The summed E-state index contributed by atoms with van der Waals surface area (Å²) in [5.41, 5.74) is 5.91. The predicted molar refractivity (Wildman–Crippen MR) is 73.2 cm³/mol. The van der Waals surface area contributed by atoms with E-state index in [4.69, 9.17) is 10.5 Å². The number of rotatable bonds is 1. The topological polar surface area (TPSA) is 56.4 Å². The number of fused-ring (bicyclic) bond motifs is 1. The lowest BCUT2D eigenvalue weighted by molar-refractivity contribution is 0.318. The molecule has 0 atom stereocenters. The summed E-state index contributed by atoms with van der Waals surface area (Å²) in [4.78, 5) is 0. The number of hydrogen-bond donors (Lipinski definition) is 1. The first-order chi connectivity index (χ1) is 9.31. The van der Waals surface area contributed by atoms with Crippen molar-refractivity contribution in [2.75, 3.05) is 0 Å². The Morgan fingerprint density at radius 3 is 2.42 bits per heavy atom. The largest absolute Gasteiger partial charge is 0.411 e. The van der Waals surface area contributed by atoms with E-state index in [2.05, 4.69) is 17.3 Å². The van der Waals surface area contributed by atoms with Crippen molar-refractivity contribution >= 4 is 5.71 Å². The van der Waals surface area contributed by atoms with E-state index in [0.29, 0.717) is 5.56 Å². The van der Waals surface area contributed by atoms with Crippen LogP contribution in [0.2, 0.25) is 0 Å². The van der Waals surface area contributed by atoms with E-state index in [1.165, 1.54) is 5.56 Å². The van der Waals surface area contributed by atoms with Gasteiger partial charge in [-0.2, -0.15) is 5.26 Å². The Morgan fingerprint density at radius 1 is 1.00 bits per heavy atom. The molecule has 3 heteroatoms. The minimum atomic E-state index is 0.666. The monoisotopic (exact) mass is 248 g/mol. The molecule has 0 spiro atoms. The zero-order chi connectivity index (χ0) is 13.2. The van der Waals surface area contributed by atoms with Gasteiger partial charge < -0.3 is 5.21 Å². The van der Waals surface area contributed by atoms with Gasteiger partial charge in [-0.05, 0) is 41.7 Å². The second kappa shape index (κ2) is 4.58. The molecule has 92 valence electrons. The van der Waals surface area contributed by atoms with E-state index < -0.39 is 0 Å². The van der Waals surface area contributed by atoms with Crippen molar-refractivity contribution in [3.8, 4) is 17.2 Å². The van der Waals surface area contributed by atoms with Crippen LogP contribution in [0.4, 0.5) is 0 Å². The number of nitrogens with zero attached hydrogens (tertiary/aromatic N) is 2. The SMILES string of the molecule is N#Cc1ccc(-c2ccc3c(c2)CC/C3=N/O)cc1. The number of aryl methyl sites for hydroxylation is 1. The molecule has 0 aromatic heterocycles. The maximum atomic E-state index is 8.91. The Labute approximate surface area is 111 Å². The normalized spacial score (nSPS) is 15.2. The highest BCUT2D eigenvalue weighted by Gasteiger charge is 2.18. The Bertz CT molecular complexity index is 694. The highest BCUT2D eigenvalue weighted by Crippen LogP contribution is 2.28. The molecule has 2 aromatic carbocycles. The predicted octanol–water partition coefficient (Wildman–Crippen LogP) is 3.35. The lowest BCUT2D eigenvalue weighted by Gasteiger charge is -2.05. The van der Waals surface area contributed by atoms with Gasteiger partial charge in [0, 0.05) is 5.56 Å². The first kappa shape index (κ1) is 11.5. The smallest absolute Gasteiger partial charge is 0.0991 e. The van der Waals surface area contributed by atoms with E-state index in [9.17, 15) is 0 Å². The molecule has 1 aliphatic carbocycles. The fourth-order valence-corrected chi connectivity index (χ4v) is 2.49. The van der Waals surface area contributed by atoms with E-state index in [0.717, 1.165) is 35.2 Å². The van der Waals surface area contributed by atoms with E-state index in [-0.39, 0.29) is 0 Å². The van der Waals surface area contributed by atoms with Crippen LogP contribution in [-0.2, 0) is 6.42 Å². The van der Waals surface area contributed by atoms with Crippen LogP contribution in [-0.4, -0.2) is 10.9 Å². The van der Waals surface area contributed by atoms with Gasteiger partial charge in [0.25, 0.3) is 0 Å². The number of benzene rings is 2. The van der Waals surface area contributed by atoms with Crippen LogP contribution < -0.4 is 0 Å². The van der Waals surface area contributed by atoms with Gasteiger partial charge in [-0.25, -0.2) is 0 Å². The quantitative estimate of drug-likeness (QED) is 0.621. The fourth-order valence-electron chi connectivity index (χ4n) is 2.49. The summed E-state index contributed by atoms with van der Waals surface area (Å²) in [6, 6.07) is 15.8. The molecule has 0 radical (unpaired) electrons. The average Bonchev–Trinajstić information content (AvgIpc) is 2.89. The molecule has 0 fully saturated rings. The van der Waals surface area contributed by atoms with Gasteiger partial charge in [0.2, 0.25) is 0 Å². The lowest BCUT2D eigenvalue weighted by Crippen LogP contribution is -1.93. The molecule has 1 N–H and O–H groups in total. The first-order valence-corrected chi connectivity index (χ1v) is 6.16. The van der Waals surface area contributed by atoms with Crippen LogP contribution in [0.1, 0.15) is 23.1 Å². The summed E-state index contributed by atoms with van der Waals surface area (Å²) in [5.74, 6) is 0. The summed E-state index contributed by atoms with van der Waals surface area (Å²) < 4.78 is 0. The Kier molecular flexibility index (Phi) is 2.77. The molecule has 0 heterocycles. The van der Waals surface area contributed by atoms with Crippen molar-refractivity contribution in [2.45, 2.75) is 12.8 Å². The molecule has 2 aromatic rings. The van der Waals surface area contributed by atoms with Gasteiger partial charge in [-0.15, -0.1) is 0 Å². The van der Waals surface area contributed by atoms with E-state index in [1.54, 1.807) is 0 Å². The van der Waals surface area contributed by atoms with E-state index >= 15 is 0 Å². The molecule has 1 aliphatic rings. The third kappa shape index (κ3) is 1.98. The lowest BCUT2D eigenvalue weighted by atomic mass is 9.99. The molecule has 19 heavy (non-hydrogen) atoms. The van der Waals surface area contributed by atoms with Crippen LogP contribution in [0.15, 0.2) is 47.6 Å². The molecule has 0 saturated carbocycles. The average molecular weight is 248 g/mol. The highest BCUT2D eigenvalue weighted by molar-refractivity contribution is 6.04. The first-order valence-electron chi connectivity index (χ1n) is 6.16. The van der Waals surface area contributed by atoms with Crippen molar-refractivity contribution < 1.29 is 5.21 Å². The standard InChI is InChI=1S/C16H12N2O/c17-10-11-1-3-12(4-2-11)13-5-7-15-14(9-13)6-8-16(15)18-19/h1-5,7,9,19H,6,8H2/b18-16-. The highest BCUT2D eigenvalue weighted by atomic mass is 16.4. The molecular weight excluding hydrogens is 236 g/mol. The van der Waals surface area contributed by atoms with Gasteiger partial charge in [-0.1, -0.05) is 35.5 Å². The molecule has 3 rings (SSSR count). The summed E-state index contributed by atoms with van der Waals surface area (Å²) in [5, 5.41) is 21.0. The molecular formula is C16H12N2O. The maximum Gasteiger partial charge on any atom is 0.0991 e. The van der Waals surface area contributed by atoms with Crippen molar-refractivity contribution in [1.29, 1.82) is 5.26 Å². The van der Waals surface area contributed by atoms with Crippen LogP contribution >= 0.6 is 0 Å². The number of nitriles is 1. The second-order valence-corrected chi connectivity index (χ2v) is 4.61. The zero-order valence-electron chi connectivity index (χ0n) is 10.3. The van der Waals surface area contributed by atoms with E-state index in [1.807, 2.05) is 36.4 Å². The Morgan fingerprint density at radius 2 is 1.74 bits per heavy atom. The summed E-state index contributed by atoms with van der Waals surface area (Å²) in [6.45, 7) is 0. The van der Waals surface area contributed by atoms with Crippen molar-refractivity contribution in [2.24, 2.45) is 5.16 Å². The Balaban J connectivity index is 2.01. The molecule has 0 bridgehead atoms. The molecule has 0 unspecified atom stereocenters.